The molecule has 0 aromatic heterocycles. The van der Waals surface area contributed by atoms with Crippen LogP contribution >= 0.6 is 0 Å². The first kappa shape index (κ1) is 16.9. The van der Waals surface area contributed by atoms with E-state index in [2.05, 4.69) is 26.1 Å². The lowest BCUT2D eigenvalue weighted by Crippen LogP contribution is -2.02. The summed E-state index contributed by atoms with van der Waals surface area (Å²) in [6.07, 6.45) is 0. The maximum Gasteiger partial charge on any atom is 0.00587 e. The van der Waals surface area contributed by atoms with E-state index in [0.29, 0.717) is 0 Å². The summed E-state index contributed by atoms with van der Waals surface area (Å²) in [4.78, 5) is 0. The van der Waals surface area contributed by atoms with Crippen molar-refractivity contribution in [3.8, 4) is 0 Å². The molecule has 0 saturated heterocycles. The molecule has 70 valence electrons. The normalized spacial score (nSPS) is 6.18. The second-order valence-electron chi connectivity index (χ2n) is 1.88. The molecule has 0 aliphatic rings. The Balaban J connectivity index is -0.000000138. The fourth-order valence-corrected chi connectivity index (χ4v) is 0.250. The number of hydrogen-bond acceptors (Lipinski definition) is 1. The lowest BCUT2D eigenvalue weighted by atomic mass is 10.3. The van der Waals surface area contributed by atoms with Crippen molar-refractivity contribution in [2.75, 3.05) is 7.05 Å². The molecule has 1 N–H and O–H groups in total. The Labute approximate surface area is 72.9 Å². The lowest BCUT2D eigenvalue weighted by Gasteiger charge is -1.98. The average molecular weight is 159 g/mol. The predicted octanol–water partition coefficient (Wildman–Crippen LogP) is 3.57. The molecule has 0 atom stereocenters. The molecule has 0 bridgehead atoms. The van der Waals surface area contributed by atoms with Crippen molar-refractivity contribution in [1.29, 1.82) is 0 Å². The molecule has 0 aromatic carbocycles. The van der Waals surface area contributed by atoms with E-state index in [9.17, 15) is 0 Å². The minimum absolute atomic E-state index is 1.26. The first-order chi connectivity index (χ1) is 5.18. The Hall–Kier alpha value is -0.460. The third kappa shape index (κ3) is 17.7. The summed E-state index contributed by atoms with van der Waals surface area (Å²) in [5, 5.41) is 3.04. The first-order valence-corrected chi connectivity index (χ1v) is 4.50. The average Bonchev–Trinajstić information content (AvgIpc) is 2.10. The third-order valence-corrected chi connectivity index (χ3v) is 1.12. The molecule has 0 aliphatic heterocycles. The molecule has 0 amide bonds. The highest BCUT2D eigenvalue weighted by molar-refractivity contribution is 5.03. The van der Waals surface area contributed by atoms with Crippen molar-refractivity contribution >= 4 is 0 Å². The van der Waals surface area contributed by atoms with E-state index in [1.807, 2.05) is 34.7 Å². The summed E-state index contributed by atoms with van der Waals surface area (Å²) in [5.74, 6) is 0. The number of hydrogen-bond donors (Lipinski definition) is 1. The molecule has 1 nitrogen and oxygen atoms in total. The highest BCUT2D eigenvalue weighted by atomic mass is 14.8. The topological polar surface area (TPSA) is 12.0 Å². The van der Waals surface area contributed by atoms with Gasteiger partial charge in [0, 0.05) is 12.7 Å². The molecule has 0 unspecified atom stereocenters. The summed E-state index contributed by atoms with van der Waals surface area (Å²) in [6.45, 7) is 14.2. The van der Waals surface area contributed by atoms with Crippen molar-refractivity contribution in [3.05, 3.63) is 11.3 Å². The van der Waals surface area contributed by atoms with Crippen molar-refractivity contribution in [2.24, 2.45) is 0 Å². The summed E-state index contributed by atoms with van der Waals surface area (Å²) < 4.78 is 0. The fourth-order valence-electron chi connectivity index (χ4n) is 0.250. The van der Waals surface area contributed by atoms with Gasteiger partial charge in [-0.1, -0.05) is 33.3 Å². The van der Waals surface area contributed by atoms with Gasteiger partial charge in [0.05, 0.1) is 0 Å². The van der Waals surface area contributed by atoms with Crippen LogP contribution in [0.15, 0.2) is 11.3 Å². The van der Waals surface area contributed by atoms with Crippen molar-refractivity contribution < 1.29 is 0 Å². The molecule has 0 fully saturated rings. The van der Waals surface area contributed by atoms with E-state index in [1.54, 1.807) is 0 Å². The molecule has 0 aliphatic carbocycles. The van der Waals surface area contributed by atoms with E-state index in [0.717, 1.165) is 0 Å². The smallest absolute Gasteiger partial charge is 0.00587 e. The molecule has 0 rings (SSSR count). The van der Waals surface area contributed by atoms with E-state index in [4.69, 9.17) is 0 Å². The van der Waals surface area contributed by atoms with Crippen LogP contribution in [0.2, 0.25) is 0 Å². The van der Waals surface area contributed by atoms with Gasteiger partial charge in [-0.25, -0.2) is 0 Å². The summed E-state index contributed by atoms with van der Waals surface area (Å²) >= 11 is 0. The fraction of sp³-hybridized carbons (Fsp3) is 0.800. The van der Waals surface area contributed by atoms with Crippen molar-refractivity contribution in [2.45, 2.75) is 48.5 Å². The van der Waals surface area contributed by atoms with Crippen LogP contribution in [0.25, 0.3) is 0 Å². The van der Waals surface area contributed by atoms with Crippen LogP contribution in [0.3, 0.4) is 0 Å². The number of nitrogens with one attached hydrogen (secondary N) is 1. The summed E-state index contributed by atoms with van der Waals surface area (Å²) in [7, 11) is 1.93. The highest BCUT2D eigenvalue weighted by Gasteiger charge is 1.81. The number of allylic oxidation sites excluding steroid dienone is 2. The maximum absolute atomic E-state index is 3.04. The monoisotopic (exact) mass is 159 g/mol. The Bertz CT molecular complexity index is 78.9. The highest BCUT2D eigenvalue weighted by Crippen LogP contribution is 1.94. The largest absolute Gasteiger partial charge is 0.392 e. The van der Waals surface area contributed by atoms with Crippen LogP contribution in [0.5, 0.6) is 0 Å². The zero-order valence-corrected chi connectivity index (χ0v) is 9.50. The first-order valence-electron chi connectivity index (χ1n) is 4.50. The lowest BCUT2D eigenvalue weighted by molar-refractivity contribution is 0.957. The molecule has 0 saturated carbocycles. The van der Waals surface area contributed by atoms with E-state index in [1.165, 1.54) is 11.3 Å². The van der Waals surface area contributed by atoms with Crippen LogP contribution in [0.1, 0.15) is 48.5 Å². The van der Waals surface area contributed by atoms with Crippen LogP contribution in [0, 0.1) is 0 Å². The summed E-state index contributed by atoms with van der Waals surface area (Å²) in [5.41, 5.74) is 2.61. The zero-order chi connectivity index (χ0) is 9.86. The van der Waals surface area contributed by atoms with Gasteiger partial charge in [0.2, 0.25) is 0 Å². The van der Waals surface area contributed by atoms with Crippen molar-refractivity contribution in [1.82, 2.24) is 5.32 Å². The van der Waals surface area contributed by atoms with Crippen molar-refractivity contribution in [3.63, 3.8) is 0 Å². The van der Waals surface area contributed by atoms with Crippen LogP contribution in [-0.2, 0) is 0 Å². The maximum atomic E-state index is 3.04. The number of rotatable bonds is 1. The van der Waals surface area contributed by atoms with Crippen LogP contribution in [-0.4, -0.2) is 7.05 Å². The van der Waals surface area contributed by atoms with Gasteiger partial charge < -0.3 is 5.32 Å². The Kier molecular flexibility index (Phi) is 25.0. The zero-order valence-electron chi connectivity index (χ0n) is 9.50. The Morgan fingerprint density at radius 1 is 0.818 bits per heavy atom. The Morgan fingerprint density at radius 2 is 1.09 bits per heavy atom. The van der Waals surface area contributed by atoms with Gasteiger partial charge >= 0.3 is 0 Å². The summed E-state index contributed by atoms with van der Waals surface area (Å²) in [6, 6.07) is 0. The molecule has 0 aromatic rings. The Morgan fingerprint density at radius 3 is 1.09 bits per heavy atom. The standard InChI is InChI=1S/C6H13N.2C2H6/c1-5(2)6(3)7-4;2*1-2/h7H,1-4H3;2*1-2H3. The molecule has 11 heavy (non-hydrogen) atoms. The van der Waals surface area contributed by atoms with Gasteiger partial charge in [-0.3, -0.25) is 0 Å². The third-order valence-electron chi connectivity index (χ3n) is 1.12. The van der Waals surface area contributed by atoms with Gasteiger partial charge in [-0.15, -0.1) is 0 Å². The van der Waals surface area contributed by atoms with Gasteiger partial charge in [0.15, 0.2) is 0 Å². The van der Waals surface area contributed by atoms with Gasteiger partial charge in [0.1, 0.15) is 0 Å². The van der Waals surface area contributed by atoms with E-state index < -0.39 is 0 Å². The van der Waals surface area contributed by atoms with E-state index >= 15 is 0 Å². The SMILES string of the molecule is CC.CC.CNC(C)=C(C)C. The predicted molar refractivity (Wildman–Crippen MR) is 55.8 cm³/mol. The minimum Gasteiger partial charge on any atom is -0.392 e. The molecular weight excluding hydrogens is 134 g/mol. The molecular formula is C10H25N. The second-order valence-corrected chi connectivity index (χ2v) is 1.88. The van der Waals surface area contributed by atoms with Crippen LogP contribution in [0.4, 0.5) is 0 Å². The van der Waals surface area contributed by atoms with Crippen LogP contribution < -0.4 is 5.32 Å². The quantitative estimate of drug-likeness (QED) is 0.616. The van der Waals surface area contributed by atoms with Gasteiger partial charge in [-0.05, 0) is 20.8 Å². The minimum atomic E-state index is 1.26. The second kappa shape index (κ2) is 16.3. The molecule has 0 spiro atoms. The van der Waals surface area contributed by atoms with E-state index in [-0.39, 0.29) is 0 Å². The van der Waals surface area contributed by atoms with Gasteiger partial charge in [0.25, 0.3) is 0 Å². The van der Waals surface area contributed by atoms with Gasteiger partial charge in [-0.2, -0.15) is 0 Å². The molecule has 0 radical (unpaired) electrons. The molecule has 1 heteroatoms. The molecule has 0 heterocycles.